The Morgan fingerprint density at radius 1 is 1.33 bits per heavy atom. The zero-order valence-corrected chi connectivity index (χ0v) is 9.78. The van der Waals surface area contributed by atoms with E-state index in [0.29, 0.717) is 30.6 Å². The topological polar surface area (TPSA) is 85.0 Å². The molecule has 0 bridgehead atoms. The van der Waals surface area contributed by atoms with Crippen LogP contribution in [-0.2, 0) is 4.79 Å². The van der Waals surface area contributed by atoms with Crippen LogP contribution in [0.3, 0.4) is 0 Å². The van der Waals surface area contributed by atoms with E-state index < -0.39 is 0 Å². The van der Waals surface area contributed by atoms with Gasteiger partial charge in [0.05, 0.1) is 5.92 Å². The van der Waals surface area contributed by atoms with E-state index in [0.717, 1.165) is 0 Å². The molecular weight excluding hydrogens is 234 g/mol. The molecule has 1 fully saturated rings. The molecule has 0 unspecified atom stereocenters. The molecule has 0 saturated carbocycles. The maximum absolute atomic E-state index is 11.1. The Kier molecular flexibility index (Phi) is 2.51. The smallest absolute Gasteiger partial charge is 0.240 e. The first-order chi connectivity index (χ1) is 8.74. The molecule has 0 spiro atoms. The van der Waals surface area contributed by atoms with Crippen molar-refractivity contribution in [2.45, 2.75) is 12.8 Å². The highest BCUT2D eigenvalue weighted by Crippen LogP contribution is 2.26. The second-order valence-corrected chi connectivity index (χ2v) is 4.15. The van der Waals surface area contributed by atoms with Gasteiger partial charge in [0.1, 0.15) is 0 Å². The fraction of sp³-hybridized carbons (Fsp3) is 0.364. The molecule has 0 N–H and O–H groups in total. The quantitative estimate of drug-likeness (QED) is 0.764. The summed E-state index contributed by atoms with van der Waals surface area (Å²) >= 11 is 0. The number of carbonyl (C=O) groups excluding carboxylic acids is 1. The lowest BCUT2D eigenvalue weighted by molar-refractivity contribution is -0.133. The Balaban J connectivity index is 1.74. The summed E-state index contributed by atoms with van der Waals surface area (Å²) in [5, 5.41) is 3.84. The van der Waals surface area contributed by atoms with E-state index in [4.69, 9.17) is 4.52 Å². The second kappa shape index (κ2) is 4.17. The molecule has 0 atom stereocenters. The zero-order valence-electron chi connectivity index (χ0n) is 9.78. The Morgan fingerprint density at radius 2 is 2.06 bits per heavy atom. The first-order valence-corrected chi connectivity index (χ1v) is 5.60. The molecule has 2 aromatic heterocycles. The molecule has 3 rings (SSSR count). The van der Waals surface area contributed by atoms with Gasteiger partial charge in [-0.1, -0.05) is 5.16 Å². The molecule has 0 aliphatic carbocycles. The largest absolute Gasteiger partial charge is 0.341 e. The SMILES string of the molecule is CC(=O)N1CC(c2nc(-c3ncccn3)no2)C1. The third kappa shape index (κ3) is 1.83. The van der Waals surface area contributed by atoms with Crippen molar-refractivity contribution >= 4 is 5.91 Å². The molecule has 0 radical (unpaired) electrons. The summed E-state index contributed by atoms with van der Waals surface area (Å²) in [7, 11) is 0. The van der Waals surface area contributed by atoms with Gasteiger partial charge in [-0.05, 0) is 6.07 Å². The van der Waals surface area contributed by atoms with Crippen molar-refractivity contribution in [1.29, 1.82) is 0 Å². The molecule has 92 valence electrons. The predicted octanol–water partition coefficient (Wildman–Crippen LogP) is 0.472. The molecule has 2 aromatic rings. The van der Waals surface area contributed by atoms with Crippen LogP contribution in [0, 0.1) is 0 Å². The highest BCUT2D eigenvalue weighted by atomic mass is 16.5. The standard InChI is InChI=1S/C11H11N5O2/c1-7(17)16-5-8(6-16)11-14-10(15-18-11)9-12-3-2-4-13-9/h2-4,8H,5-6H2,1H3. The maximum Gasteiger partial charge on any atom is 0.240 e. The van der Waals surface area contributed by atoms with Crippen LogP contribution in [0.4, 0.5) is 0 Å². The summed E-state index contributed by atoms with van der Waals surface area (Å²) < 4.78 is 5.17. The number of hydrogen-bond acceptors (Lipinski definition) is 6. The summed E-state index contributed by atoms with van der Waals surface area (Å²) in [5.74, 6) is 1.55. The molecule has 7 heteroatoms. The fourth-order valence-corrected chi connectivity index (χ4v) is 1.80. The molecule has 0 aromatic carbocycles. The lowest BCUT2D eigenvalue weighted by Gasteiger charge is -2.36. The number of aromatic nitrogens is 4. The molecule has 1 saturated heterocycles. The van der Waals surface area contributed by atoms with E-state index in [9.17, 15) is 4.79 Å². The average molecular weight is 245 g/mol. The minimum absolute atomic E-state index is 0.0670. The molecule has 1 aliphatic rings. The van der Waals surface area contributed by atoms with Gasteiger partial charge in [0.25, 0.3) is 0 Å². The van der Waals surface area contributed by atoms with Crippen molar-refractivity contribution < 1.29 is 9.32 Å². The van der Waals surface area contributed by atoms with Crippen molar-refractivity contribution in [3.05, 3.63) is 24.4 Å². The number of nitrogens with zero attached hydrogens (tertiary/aromatic N) is 5. The summed E-state index contributed by atoms with van der Waals surface area (Å²) in [5.41, 5.74) is 0. The highest BCUT2D eigenvalue weighted by Gasteiger charge is 2.34. The normalized spacial score (nSPS) is 15.5. The van der Waals surface area contributed by atoms with Gasteiger partial charge < -0.3 is 9.42 Å². The van der Waals surface area contributed by atoms with Crippen LogP contribution in [0.2, 0.25) is 0 Å². The number of amides is 1. The third-order valence-electron chi connectivity index (χ3n) is 2.88. The first-order valence-electron chi connectivity index (χ1n) is 5.60. The fourth-order valence-electron chi connectivity index (χ4n) is 1.80. The lowest BCUT2D eigenvalue weighted by Crippen LogP contribution is -2.47. The predicted molar refractivity (Wildman–Crippen MR) is 60.3 cm³/mol. The maximum atomic E-state index is 11.1. The van der Waals surface area contributed by atoms with Gasteiger partial charge in [0, 0.05) is 32.4 Å². The van der Waals surface area contributed by atoms with E-state index in [1.54, 1.807) is 30.3 Å². The number of hydrogen-bond donors (Lipinski definition) is 0. The van der Waals surface area contributed by atoms with E-state index in [-0.39, 0.29) is 11.8 Å². The van der Waals surface area contributed by atoms with Gasteiger partial charge in [-0.3, -0.25) is 4.79 Å². The minimum Gasteiger partial charge on any atom is -0.341 e. The lowest BCUT2D eigenvalue weighted by atomic mass is 10.0. The van der Waals surface area contributed by atoms with Crippen LogP contribution in [0.25, 0.3) is 11.6 Å². The Bertz CT molecular complexity index is 562. The van der Waals surface area contributed by atoms with Crippen LogP contribution < -0.4 is 0 Å². The Hall–Kier alpha value is -2.31. The van der Waals surface area contributed by atoms with Gasteiger partial charge in [-0.2, -0.15) is 4.98 Å². The average Bonchev–Trinajstić information content (AvgIpc) is 2.77. The Morgan fingerprint density at radius 3 is 2.72 bits per heavy atom. The van der Waals surface area contributed by atoms with E-state index in [2.05, 4.69) is 20.1 Å². The molecule has 7 nitrogen and oxygen atoms in total. The zero-order chi connectivity index (χ0) is 12.5. The highest BCUT2D eigenvalue weighted by molar-refractivity contribution is 5.74. The van der Waals surface area contributed by atoms with Crippen molar-refractivity contribution in [1.82, 2.24) is 25.0 Å². The van der Waals surface area contributed by atoms with Crippen LogP contribution >= 0.6 is 0 Å². The number of carbonyl (C=O) groups is 1. The summed E-state index contributed by atoms with van der Waals surface area (Å²) in [4.78, 5) is 25.2. The Labute approximate surface area is 103 Å². The van der Waals surface area contributed by atoms with Crippen LogP contribution in [0.5, 0.6) is 0 Å². The molecule has 1 amide bonds. The number of rotatable bonds is 2. The summed E-state index contributed by atoms with van der Waals surface area (Å²) in [6, 6.07) is 1.72. The van der Waals surface area contributed by atoms with Gasteiger partial charge >= 0.3 is 0 Å². The summed E-state index contributed by atoms with van der Waals surface area (Å²) in [6.45, 7) is 2.81. The summed E-state index contributed by atoms with van der Waals surface area (Å²) in [6.07, 6.45) is 3.25. The first kappa shape index (κ1) is 10.8. The van der Waals surface area contributed by atoms with Crippen molar-refractivity contribution in [2.75, 3.05) is 13.1 Å². The van der Waals surface area contributed by atoms with Crippen LogP contribution in [0.1, 0.15) is 18.7 Å². The van der Waals surface area contributed by atoms with Gasteiger partial charge in [-0.25, -0.2) is 9.97 Å². The van der Waals surface area contributed by atoms with Gasteiger partial charge in [-0.15, -0.1) is 0 Å². The van der Waals surface area contributed by atoms with Crippen molar-refractivity contribution in [3.63, 3.8) is 0 Å². The molecule has 3 heterocycles. The van der Waals surface area contributed by atoms with E-state index in [1.165, 1.54) is 0 Å². The molecule has 18 heavy (non-hydrogen) atoms. The van der Waals surface area contributed by atoms with Crippen molar-refractivity contribution in [2.24, 2.45) is 0 Å². The number of likely N-dealkylation sites (tertiary alicyclic amines) is 1. The third-order valence-corrected chi connectivity index (χ3v) is 2.88. The minimum atomic E-state index is 0.0670. The van der Waals surface area contributed by atoms with Gasteiger partial charge in [0.15, 0.2) is 0 Å². The van der Waals surface area contributed by atoms with E-state index in [1.807, 2.05) is 0 Å². The van der Waals surface area contributed by atoms with Crippen molar-refractivity contribution in [3.8, 4) is 11.6 Å². The second-order valence-electron chi connectivity index (χ2n) is 4.15. The van der Waals surface area contributed by atoms with Crippen LogP contribution in [0.15, 0.2) is 23.0 Å². The van der Waals surface area contributed by atoms with Crippen LogP contribution in [-0.4, -0.2) is 44.0 Å². The molecular formula is C11H11N5O2. The van der Waals surface area contributed by atoms with E-state index >= 15 is 0 Å². The molecule has 1 aliphatic heterocycles. The van der Waals surface area contributed by atoms with Gasteiger partial charge in [0.2, 0.25) is 23.4 Å². The monoisotopic (exact) mass is 245 g/mol.